The predicted molar refractivity (Wildman–Crippen MR) is 256 cm³/mol. The number of piperazine rings is 1. The zero-order chi connectivity index (χ0) is 48.2. The Balaban J connectivity index is 1.02. The number of ether oxygens (including phenoxy) is 2. The molecule has 21 heteroatoms. The highest BCUT2D eigenvalue weighted by atomic mass is 35.5. The van der Waals surface area contributed by atoms with Gasteiger partial charge in [0.15, 0.2) is 0 Å². The summed E-state index contributed by atoms with van der Waals surface area (Å²) in [4.78, 5) is 28.4. The molecular weight excluding hydrogens is 945 g/mol. The molecule has 3 aromatic carbocycles. The highest BCUT2D eigenvalue weighted by molar-refractivity contribution is 7.92. The first kappa shape index (κ1) is 49.2. The van der Waals surface area contributed by atoms with Crippen LogP contribution >= 0.6 is 11.6 Å². The second-order valence-electron chi connectivity index (χ2n) is 17.3. The summed E-state index contributed by atoms with van der Waals surface area (Å²) >= 11 is 6.23. The molecule has 3 aliphatic rings. The fourth-order valence-electron chi connectivity index (χ4n) is 8.70. The van der Waals surface area contributed by atoms with Crippen LogP contribution in [0.25, 0.3) is 16.6 Å². The molecule has 1 amide bonds. The first-order valence-corrected chi connectivity index (χ1v) is 25.8. The van der Waals surface area contributed by atoms with Gasteiger partial charge in [-0.3, -0.25) is 19.5 Å². The first-order valence-electron chi connectivity index (χ1n) is 22.4. The minimum atomic E-state index is -6.04. The summed E-state index contributed by atoms with van der Waals surface area (Å²) in [6.45, 7) is 13.0. The van der Waals surface area contributed by atoms with E-state index in [-0.39, 0.29) is 23.6 Å². The van der Waals surface area contributed by atoms with E-state index < -0.39 is 46.8 Å². The van der Waals surface area contributed by atoms with Gasteiger partial charge in [0.05, 0.1) is 35.6 Å². The number of H-pyrrole nitrogens is 1. The number of morpholine rings is 1. The molecule has 5 heterocycles. The molecule has 3 N–H and O–H groups in total. The summed E-state index contributed by atoms with van der Waals surface area (Å²) < 4.78 is 109. The number of rotatable bonds is 16. The average Bonchev–Trinajstić information content (AvgIpc) is 3.79. The van der Waals surface area contributed by atoms with Crippen LogP contribution in [0.2, 0.25) is 5.02 Å². The molecule has 0 unspecified atom stereocenters. The molecule has 3 aliphatic heterocycles. The molecule has 5 aromatic rings. The molecule has 15 nitrogen and oxygen atoms in total. The second kappa shape index (κ2) is 20.8. The van der Waals surface area contributed by atoms with Crippen LogP contribution in [0, 0.1) is 0 Å². The minimum absolute atomic E-state index is 0.0139. The van der Waals surface area contributed by atoms with Gasteiger partial charge < -0.3 is 24.7 Å². The Bertz CT molecular complexity index is 2870. The van der Waals surface area contributed by atoms with Crippen molar-refractivity contribution in [3.8, 4) is 11.5 Å². The van der Waals surface area contributed by atoms with E-state index >= 15 is 0 Å². The molecule has 0 aliphatic carbocycles. The summed E-state index contributed by atoms with van der Waals surface area (Å²) in [5, 5.41) is 4.13. The van der Waals surface area contributed by atoms with Gasteiger partial charge in [-0.1, -0.05) is 23.7 Å². The molecule has 0 radical (unpaired) electrons. The van der Waals surface area contributed by atoms with Crippen LogP contribution in [0.5, 0.6) is 11.5 Å². The number of hydrogen-bond acceptors (Lipinski definition) is 13. The van der Waals surface area contributed by atoms with E-state index in [4.69, 9.17) is 21.1 Å². The number of aromatic amines is 1. The Morgan fingerprint density at radius 3 is 2.38 bits per heavy atom. The number of carbonyl (C=O) groups is 1. The van der Waals surface area contributed by atoms with Crippen LogP contribution in [0.1, 0.15) is 42.6 Å². The predicted octanol–water partition coefficient (Wildman–Crippen LogP) is 7.24. The van der Waals surface area contributed by atoms with Crippen molar-refractivity contribution in [1.82, 2.24) is 29.4 Å². The van der Waals surface area contributed by atoms with Crippen LogP contribution in [0.15, 0.2) is 101 Å². The quantitative estimate of drug-likeness (QED) is 0.0847. The van der Waals surface area contributed by atoms with Crippen LogP contribution in [0.4, 0.5) is 24.5 Å². The summed E-state index contributed by atoms with van der Waals surface area (Å²) in [6.07, 6.45) is 4.55. The molecule has 2 fully saturated rings. The van der Waals surface area contributed by atoms with E-state index in [1.165, 1.54) is 29.0 Å². The number of hydrogen-bond donors (Lipinski definition) is 3. The highest BCUT2D eigenvalue weighted by Crippen LogP contribution is 2.37. The standard InChI is InChI=1S/C47H54ClF3N8O7S2/c1-32(2)59-17-13-40(33-4-6-36(48)7-5-33)35(31-59)30-57-18-20-58(21-19-57)37-8-10-41(43(27-37)66-38-26-34-12-15-53-45(34)54-29-38)46(60)55-68(63,64)39-9-11-42(44(28-39)67(61,62)47(49,50)51)52-14-3-16-56-22-24-65-25-23-56/h4-12,15,26-29,32,52H,3,13-14,16-25,30-31H2,1-2H3,(H,53,54)(H,55,60). The number of fused-ring (bicyclic) bond motifs is 1. The average molecular weight is 1000 g/mol. The number of nitrogens with zero attached hydrogens (tertiary/aromatic N) is 5. The van der Waals surface area contributed by atoms with Gasteiger partial charge in [-0.05, 0) is 105 Å². The fourth-order valence-corrected chi connectivity index (χ4v) is 10.9. The van der Waals surface area contributed by atoms with Crippen molar-refractivity contribution in [3.63, 3.8) is 0 Å². The Morgan fingerprint density at radius 2 is 1.66 bits per heavy atom. The molecule has 8 rings (SSSR count). The molecule has 0 atom stereocenters. The fraction of sp³-hybridized carbons (Fsp3) is 0.404. The number of sulfonamides is 1. The lowest BCUT2D eigenvalue weighted by Gasteiger charge is -2.39. The molecule has 0 saturated carbocycles. The maximum Gasteiger partial charge on any atom is 0.501 e. The number of anilines is 2. The van der Waals surface area contributed by atoms with Gasteiger partial charge >= 0.3 is 5.51 Å². The van der Waals surface area contributed by atoms with E-state index in [1.807, 2.05) is 16.9 Å². The maximum atomic E-state index is 14.0. The largest absolute Gasteiger partial charge is 0.501 e. The van der Waals surface area contributed by atoms with Crippen LogP contribution < -0.4 is 19.7 Å². The number of sulfone groups is 1. The highest BCUT2D eigenvalue weighted by Gasteiger charge is 2.48. The Labute approximate surface area is 399 Å². The monoisotopic (exact) mass is 998 g/mol. The molecule has 0 spiro atoms. The molecule has 2 saturated heterocycles. The van der Waals surface area contributed by atoms with Crippen molar-refractivity contribution in [2.75, 3.05) is 95.4 Å². The summed E-state index contributed by atoms with van der Waals surface area (Å²) in [5.41, 5.74) is -1.19. The van der Waals surface area contributed by atoms with Crippen molar-refractivity contribution in [1.29, 1.82) is 0 Å². The number of aromatic nitrogens is 2. The normalized spacial score (nSPS) is 17.2. The van der Waals surface area contributed by atoms with Gasteiger partial charge in [-0.15, -0.1) is 0 Å². The van der Waals surface area contributed by atoms with Crippen LogP contribution in [0.3, 0.4) is 0 Å². The maximum absolute atomic E-state index is 14.0. The lowest BCUT2D eigenvalue weighted by molar-refractivity contribution is -0.0435. The summed E-state index contributed by atoms with van der Waals surface area (Å²) in [7, 11) is -11.0. The molecule has 68 heavy (non-hydrogen) atoms. The summed E-state index contributed by atoms with van der Waals surface area (Å²) in [6, 6.07) is 18.9. The molecular formula is C47H54ClF3N8O7S2. The smallest absolute Gasteiger partial charge is 0.455 e. The number of halogens is 4. The number of benzene rings is 3. The second-order valence-corrected chi connectivity index (χ2v) is 21.3. The van der Waals surface area contributed by atoms with Gasteiger partial charge in [0.2, 0.25) is 0 Å². The van der Waals surface area contributed by atoms with Gasteiger partial charge in [-0.2, -0.15) is 13.2 Å². The number of pyridine rings is 1. The SMILES string of the molecule is CC(C)N1CCC(c2ccc(Cl)cc2)=C(CN2CCN(c3ccc(C(=O)NS(=O)(=O)c4ccc(NCCCN5CCOCC5)c(S(=O)(=O)C(F)(F)F)c4)c(Oc4cnc5[nH]ccc5c4)c3)CC2)C1. The topological polar surface area (TPSA) is 170 Å². The van der Waals surface area contributed by atoms with Crippen molar-refractivity contribution in [2.45, 2.75) is 48.0 Å². The van der Waals surface area contributed by atoms with Gasteiger partial charge in [0.1, 0.15) is 22.0 Å². The zero-order valence-corrected chi connectivity index (χ0v) is 40.1. The number of carbonyl (C=O) groups excluding carboxylic acids is 1. The molecule has 0 bridgehead atoms. The van der Waals surface area contributed by atoms with Crippen molar-refractivity contribution < 1.29 is 44.3 Å². The third-order valence-electron chi connectivity index (χ3n) is 12.5. The Morgan fingerprint density at radius 1 is 0.912 bits per heavy atom. The third kappa shape index (κ3) is 11.4. The van der Waals surface area contributed by atoms with E-state index in [2.05, 4.69) is 60.9 Å². The van der Waals surface area contributed by atoms with Crippen molar-refractivity contribution in [3.05, 3.63) is 107 Å². The van der Waals surface area contributed by atoms with E-state index in [9.17, 15) is 34.8 Å². The van der Waals surface area contributed by atoms with E-state index in [0.29, 0.717) is 86.2 Å². The zero-order valence-electron chi connectivity index (χ0n) is 37.7. The Hall–Kier alpha value is -5.22. The van der Waals surface area contributed by atoms with E-state index in [1.54, 1.807) is 30.5 Å². The number of alkyl halides is 3. The molecule has 2 aromatic heterocycles. The summed E-state index contributed by atoms with van der Waals surface area (Å²) in [5.74, 6) is -0.927. The van der Waals surface area contributed by atoms with Gasteiger partial charge in [-0.25, -0.2) is 26.5 Å². The minimum Gasteiger partial charge on any atom is -0.455 e. The molecule has 364 valence electrons. The van der Waals surface area contributed by atoms with Crippen LogP contribution in [-0.2, 0) is 24.6 Å². The van der Waals surface area contributed by atoms with Gasteiger partial charge in [0.25, 0.3) is 25.8 Å². The first-order chi connectivity index (χ1) is 32.4. The number of amides is 1. The lowest BCUT2D eigenvalue weighted by Crippen LogP contribution is -2.48. The van der Waals surface area contributed by atoms with Gasteiger partial charge in [0, 0.05) is 99.8 Å². The number of nitrogens with one attached hydrogen (secondary N) is 3. The van der Waals surface area contributed by atoms with Crippen molar-refractivity contribution in [2.24, 2.45) is 0 Å². The van der Waals surface area contributed by atoms with Crippen molar-refractivity contribution >= 4 is 65.3 Å². The lowest BCUT2D eigenvalue weighted by atomic mass is 9.92. The van der Waals surface area contributed by atoms with E-state index in [0.717, 1.165) is 51.3 Å². The third-order valence-corrected chi connectivity index (χ3v) is 15.6. The van der Waals surface area contributed by atoms with Crippen LogP contribution in [-0.4, -0.2) is 144 Å². The Kier molecular flexibility index (Phi) is 15.0.